The Kier molecular flexibility index (Phi) is 3.98. The van der Waals surface area contributed by atoms with Gasteiger partial charge in [0, 0.05) is 18.5 Å². The van der Waals surface area contributed by atoms with Crippen molar-refractivity contribution in [3.8, 4) is 0 Å². The molecule has 22 heavy (non-hydrogen) atoms. The van der Waals surface area contributed by atoms with Crippen LogP contribution in [0.1, 0.15) is 28.8 Å². The molecule has 0 aliphatic carbocycles. The molecule has 0 radical (unpaired) electrons. The molecule has 4 nitrogen and oxygen atoms in total. The van der Waals surface area contributed by atoms with Gasteiger partial charge in [-0.15, -0.1) is 0 Å². The lowest BCUT2D eigenvalue weighted by atomic mass is 9.73. The standard InChI is InChI=1S/C17H17NO3S/c19-15(13-6-11-22-12-13)18-9-7-17(8-10-18,16(20)21)14-4-2-1-3-5-14/h1-6,11-12H,7-10H2,(H,20,21). The maximum Gasteiger partial charge on any atom is 0.314 e. The SMILES string of the molecule is O=C(c1ccsc1)N1CCC(C(=O)O)(c2ccccc2)CC1. The summed E-state index contributed by atoms with van der Waals surface area (Å²) in [6.45, 7) is 0.936. The van der Waals surface area contributed by atoms with Crippen molar-refractivity contribution < 1.29 is 14.7 Å². The predicted octanol–water partition coefficient (Wildman–Crippen LogP) is 3.01. The zero-order valence-electron chi connectivity index (χ0n) is 12.1. The lowest BCUT2D eigenvalue weighted by molar-refractivity contribution is -0.145. The van der Waals surface area contributed by atoms with Gasteiger partial charge < -0.3 is 10.0 Å². The minimum Gasteiger partial charge on any atom is -0.481 e. The fraction of sp³-hybridized carbons (Fsp3) is 0.294. The van der Waals surface area contributed by atoms with Gasteiger partial charge in [-0.2, -0.15) is 11.3 Å². The van der Waals surface area contributed by atoms with Crippen molar-refractivity contribution >= 4 is 23.2 Å². The van der Waals surface area contributed by atoms with Crippen LogP contribution < -0.4 is 0 Å². The highest BCUT2D eigenvalue weighted by Crippen LogP contribution is 2.36. The van der Waals surface area contributed by atoms with Crippen molar-refractivity contribution in [3.05, 3.63) is 58.3 Å². The highest BCUT2D eigenvalue weighted by Gasteiger charge is 2.43. The van der Waals surface area contributed by atoms with Crippen LogP contribution in [0.5, 0.6) is 0 Å². The summed E-state index contributed by atoms with van der Waals surface area (Å²) in [5.74, 6) is -0.811. The molecule has 1 saturated heterocycles. The maximum absolute atomic E-state index is 12.4. The fourth-order valence-corrected chi connectivity index (χ4v) is 3.67. The minimum absolute atomic E-state index is 0.00620. The lowest BCUT2D eigenvalue weighted by Crippen LogP contribution is -2.49. The van der Waals surface area contributed by atoms with Crippen molar-refractivity contribution in [1.29, 1.82) is 0 Å². The van der Waals surface area contributed by atoms with E-state index in [0.29, 0.717) is 31.5 Å². The Morgan fingerprint density at radius 2 is 1.77 bits per heavy atom. The summed E-state index contributed by atoms with van der Waals surface area (Å²) >= 11 is 1.49. The Morgan fingerprint density at radius 1 is 1.09 bits per heavy atom. The van der Waals surface area contributed by atoms with Crippen LogP contribution in [0.3, 0.4) is 0 Å². The van der Waals surface area contributed by atoms with E-state index in [1.54, 1.807) is 4.90 Å². The van der Waals surface area contributed by atoms with Gasteiger partial charge in [-0.3, -0.25) is 9.59 Å². The number of piperidine rings is 1. The number of likely N-dealkylation sites (tertiary alicyclic amines) is 1. The van der Waals surface area contributed by atoms with E-state index in [4.69, 9.17) is 0 Å². The number of carboxylic acids is 1. The number of carbonyl (C=O) groups is 2. The molecule has 2 aromatic rings. The van der Waals surface area contributed by atoms with Crippen molar-refractivity contribution in [2.45, 2.75) is 18.3 Å². The highest BCUT2D eigenvalue weighted by molar-refractivity contribution is 7.08. The van der Waals surface area contributed by atoms with Crippen LogP contribution in [-0.2, 0) is 10.2 Å². The minimum atomic E-state index is -0.882. The fourth-order valence-electron chi connectivity index (χ4n) is 3.04. The van der Waals surface area contributed by atoms with Crippen LogP contribution in [0.15, 0.2) is 47.2 Å². The summed E-state index contributed by atoms with van der Waals surface area (Å²) in [6, 6.07) is 11.2. The third-order valence-corrected chi connectivity index (χ3v) is 5.09. The Labute approximate surface area is 133 Å². The second-order valence-electron chi connectivity index (χ2n) is 5.56. The Hall–Kier alpha value is -2.14. The van der Waals surface area contributed by atoms with Gasteiger partial charge in [0.25, 0.3) is 5.91 Å². The van der Waals surface area contributed by atoms with Crippen molar-refractivity contribution in [3.63, 3.8) is 0 Å². The molecular formula is C17H17NO3S. The Morgan fingerprint density at radius 3 is 2.32 bits per heavy atom. The first kappa shape index (κ1) is 14.8. The second-order valence-corrected chi connectivity index (χ2v) is 6.34. The van der Waals surface area contributed by atoms with Crippen molar-refractivity contribution in [2.24, 2.45) is 0 Å². The lowest BCUT2D eigenvalue weighted by Gasteiger charge is -2.39. The Bertz CT molecular complexity index is 658. The first-order chi connectivity index (χ1) is 10.6. The van der Waals surface area contributed by atoms with Crippen molar-refractivity contribution in [2.75, 3.05) is 13.1 Å². The number of thiophene rings is 1. The van der Waals surface area contributed by atoms with Crippen LogP contribution in [-0.4, -0.2) is 35.0 Å². The summed E-state index contributed by atoms with van der Waals surface area (Å²) in [4.78, 5) is 26.0. The number of aliphatic carboxylic acids is 1. The van der Waals surface area contributed by atoms with Gasteiger partial charge in [0.2, 0.25) is 0 Å². The zero-order valence-corrected chi connectivity index (χ0v) is 12.9. The van der Waals surface area contributed by atoms with E-state index >= 15 is 0 Å². The summed E-state index contributed by atoms with van der Waals surface area (Å²) in [7, 11) is 0. The van der Waals surface area contributed by atoms with Crippen LogP contribution in [0.25, 0.3) is 0 Å². The van der Waals surface area contributed by atoms with Crippen LogP contribution in [0.2, 0.25) is 0 Å². The molecule has 1 fully saturated rings. The smallest absolute Gasteiger partial charge is 0.314 e. The summed E-state index contributed by atoms with van der Waals surface area (Å²) < 4.78 is 0. The van der Waals surface area contributed by atoms with E-state index in [1.807, 2.05) is 47.2 Å². The molecule has 5 heteroatoms. The molecular weight excluding hydrogens is 298 g/mol. The molecule has 0 bridgehead atoms. The van der Waals surface area contributed by atoms with Crippen LogP contribution in [0, 0.1) is 0 Å². The summed E-state index contributed by atoms with van der Waals surface area (Å²) in [5, 5.41) is 13.5. The van der Waals surface area contributed by atoms with E-state index < -0.39 is 11.4 Å². The number of hydrogen-bond donors (Lipinski definition) is 1. The number of benzene rings is 1. The number of hydrogen-bond acceptors (Lipinski definition) is 3. The molecule has 1 aromatic carbocycles. The van der Waals surface area contributed by atoms with E-state index in [-0.39, 0.29) is 5.91 Å². The van der Waals surface area contributed by atoms with E-state index in [1.165, 1.54) is 11.3 Å². The quantitative estimate of drug-likeness (QED) is 0.947. The summed E-state index contributed by atoms with van der Waals surface area (Å²) in [5.41, 5.74) is 0.629. The first-order valence-electron chi connectivity index (χ1n) is 7.24. The highest BCUT2D eigenvalue weighted by atomic mass is 32.1. The van der Waals surface area contributed by atoms with Gasteiger partial charge in [0.1, 0.15) is 0 Å². The molecule has 0 spiro atoms. The predicted molar refractivity (Wildman–Crippen MR) is 85.2 cm³/mol. The number of nitrogens with zero attached hydrogens (tertiary/aromatic N) is 1. The van der Waals surface area contributed by atoms with Gasteiger partial charge in [0.05, 0.1) is 11.0 Å². The van der Waals surface area contributed by atoms with Crippen molar-refractivity contribution in [1.82, 2.24) is 4.90 Å². The van der Waals surface area contributed by atoms with Gasteiger partial charge in [0.15, 0.2) is 0 Å². The van der Waals surface area contributed by atoms with E-state index in [2.05, 4.69) is 0 Å². The molecule has 1 aliphatic heterocycles. The van der Waals surface area contributed by atoms with E-state index in [0.717, 1.165) is 5.56 Å². The average Bonchev–Trinajstić information content (AvgIpc) is 3.09. The number of rotatable bonds is 3. The molecule has 3 rings (SSSR count). The van der Waals surface area contributed by atoms with E-state index in [9.17, 15) is 14.7 Å². The first-order valence-corrected chi connectivity index (χ1v) is 8.18. The molecule has 114 valence electrons. The molecule has 0 saturated carbocycles. The molecule has 1 N–H and O–H groups in total. The van der Waals surface area contributed by atoms with Crippen LogP contribution in [0.4, 0.5) is 0 Å². The topological polar surface area (TPSA) is 57.6 Å². The number of carboxylic acid groups (broad SMARTS) is 1. The molecule has 0 unspecified atom stereocenters. The van der Waals surface area contributed by atoms with Gasteiger partial charge in [-0.05, 0) is 29.9 Å². The average molecular weight is 315 g/mol. The van der Waals surface area contributed by atoms with Crippen LogP contribution >= 0.6 is 11.3 Å². The Balaban J connectivity index is 1.79. The maximum atomic E-state index is 12.4. The molecule has 1 aliphatic rings. The van der Waals surface area contributed by atoms with Gasteiger partial charge in [-0.25, -0.2) is 0 Å². The largest absolute Gasteiger partial charge is 0.481 e. The monoisotopic (exact) mass is 315 g/mol. The number of amides is 1. The third-order valence-electron chi connectivity index (χ3n) is 4.41. The number of carbonyl (C=O) groups excluding carboxylic acids is 1. The molecule has 0 atom stereocenters. The second kappa shape index (κ2) is 5.93. The summed E-state index contributed by atoms with van der Waals surface area (Å²) in [6.07, 6.45) is 0.893. The normalized spacial score (nSPS) is 17.2. The van der Waals surface area contributed by atoms with Gasteiger partial charge in [-0.1, -0.05) is 30.3 Å². The zero-order chi connectivity index (χ0) is 15.6. The molecule has 2 heterocycles. The third kappa shape index (κ3) is 2.52. The van der Waals surface area contributed by atoms with Gasteiger partial charge >= 0.3 is 5.97 Å². The molecule has 1 amide bonds. The molecule has 1 aromatic heterocycles.